The highest BCUT2D eigenvalue weighted by molar-refractivity contribution is 5.82. The summed E-state index contributed by atoms with van der Waals surface area (Å²) < 4.78 is 4.60. The van der Waals surface area contributed by atoms with Crippen LogP contribution in [-0.2, 0) is 14.3 Å². The molecule has 1 rings (SSSR count). The summed E-state index contributed by atoms with van der Waals surface area (Å²) in [6.45, 7) is 1.96. The van der Waals surface area contributed by atoms with Gasteiger partial charge < -0.3 is 4.74 Å². The molecular weight excluding hydrogens is 192 g/mol. The topological polar surface area (TPSA) is 43.4 Å². The zero-order valence-corrected chi connectivity index (χ0v) is 8.91. The number of rotatable bonds is 3. The Kier molecular flexibility index (Phi) is 6.21. The second-order valence-corrected chi connectivity index (χ2v) is 4.08. The van der Waals surface area contributed by atoms with Crippen LogP contribution in [-0.4, -0.2) is 18.9 Å². The van der Waals surface area contributed by atoms with E-state index in [1.807, 2.05) is 6.92 Å². The Morgan fingerprint density at radius 2 is 2.20 bits per heavy atom. The third-order valence-corrected chi connectivity index (χ3v) is 3.01. The molecule has 3 heteroatoms. The number of esters is 1. The van der Waals surface area contributed by atoms with Crippen molar-refractivity contribution in [1.82, 2.24) is 0 Å². The Bertz CT molecular complexity index is 223. The average Bonchev–Trinajstić information content (AvgIpc) is 2.18. The van der Waals surface area contributed by atoms with E-state index in [9.17, 15) is 9.59 Å². The maximum atomic E-state index is 11.6. The monoisotopic (exact) mass is 214 g/mol. The van der Waals surface area contributed by atoms with Crippen molar-refractivity contribution in [3.05, 3.63) is 0 Å². The number of ketones is 1. The molecule has 3 nitrogen and oxygen atoms in total. The maximum absolute atomic E-state index is 11.6. The van der Waals surface area contributed by atoms with E-state index in [4.69, 9.17) is 0 Å². The minimum Gasteiger partial charge on any atom is -0.469 e. The smallest absolute Gasteiger partial charge is 0.305 e. The average molecular weight is 214 g/mol. The molecule has 0 aromatic carbocycles. The normalized spacial score (nSPS) is 22.8. The maximum Gasteiger partial charge on any atom is 0.305 e. The highest BCUT2D eigenvalue weighted by Gasteiger charge is 2.28. The zero-order valence-electron chi connectivity index (χ0n) is 8.91. The fraction of sp³-hybridized carbons (Fsp3) is 0.833. The van der Waals surface area contributed by atoms with Crippen molar-refractivity contribution in [2.24, 2.45) is 11.8 Å². The first-order chi connectivity index (χ1) is 6.65. The van der Waals surface area contributed by atoms with Gasteiger partial charge in [-0.15, -0.1) is 0 Å². The zero-order chi connectivity index (χ0) is 10.6. The number of hydrogen-bond donors (Lipinski definition) is 0. The number of Topliss-reactive ketones (excluding diaryl/α,β-unsaturated/α-hetero) is 1. The first-order valence-corrected chi connectivity index (χ1v) is 5.24. The van der Waals surface area contributed by atoms with Crippen molar-refractivity contribution in [1.29, 1.82) is 0 Å². The minimum atomic E-state index is -0.212. The Morgan fingerprint density at radius 1 is 1.53 bits per heavy atom. The summed E-state index contributed by atoms with van der Waals surface area (Å²) >= 11 is 0. The van der Waals surface area contributed by atoms with Crippen molar-refractivity contribution in [3.8, 4) is 0 Å². The van der Waals surface area contributed by atoms with Gasteiger partial charge in [0, 0.05) is 18.8 Å². The summed E-state index contributed by atoms with van der Waals surface area (Å²) in [5, 5.41) is 0. The summed E-state index contributed by atoms with van der Waals surface area (Å²) in [7, 11) is 1.39. The lowest BCUT2D eigenvalue weighted by Crippen LogP contribution is -2.27. The largest absolute Gasteiger partial charge is 0.469 e. The summed E-state index contributed by atoms with van der Waals surface area (Å²) in [5.74, 6) is 0.335. The van der Waals surface area contributed by atoms with Crippen LogP contribution in [0.3, 0.4) is 0 Å². The minimum absolute atomic E-state index is 0. The predicted molar refractivity (Wildman–Crippen MR) is 59.5 cm³/mol. The van der Waals surface area contributed by atoms with Crippen LogP contribution in [0.15, 0.2) is 0 Å². The van der Waals surface area contributed by atoms with Crippen LogP contribution in [0.4, 0.5) is 0 Å². The van der Waals surface area contributed by atoms with Gasteiger partial charge in [-0.1, -0.05) is 20.8 Å². The van der Waals surface area contributed by atoms with Crippen molar-refractivity contribution >= 4 is 11.8 Å². The van der Waals surface area contributed by atoms with Gasteiger partial charge in [-0.2, -0.15) is 0 Å². The first kappa shape index (κ1) is 14.1. The molecule has 1 saturated carbocycles. The number of hydrogen-bond acceptors (Lipinski definition) is 3. The summed E-state index contributed by atoms with van der Waals surface area (Å²) in [5.41, 5.74) is 0. The predicted octanol–water partition coefficient (Wildman–Crippen LogP) is 2.58. The Hall–Kier alpha value is -0.860. The molecule has 1 fully saturated rings. The third kappa shape index (κ3) is 4.02. The Labute approximate surface area is 92.2 Å². The van der Waals surface area contributed by atoms with E-state index in [-0.39, 0.29) is 25.2 Å². The molecule has 0 heterocycles. The molecule has 0 radical (unpaired) electrons. The molecule has 0 bridgehead atoms. The first-order valence-electron chi connectivity index (χ1n) is 5.24. The molecule has 2 atom stereocenters. The lowest BCUT2D eigenvalue weighted by molar-refractivity contribution is -0.142. The molecule has 0 aromatic heterocycles. The highest BCUT2D eigenvalue weighted by atomic mass is 16.5. The molecule has 0 spiro atoms. The number of methoxy groups -OCH3 is 1. The van der Waals surface area contributed by atoms with Crippen molar-refractivity contribution < 1.29 is 14.3 Å². The van der Waals surface area contributed by atoms with E-state index in [2.05, 4.69) is 4.74 Å². The van der Waals surface area contributed by atoms with E-state index in [0.29, 0.717) is 18.6 Å². The molecule has 1 aliphatic rings. The van der Waals surface area contributed by atoms with Crippen molar-refractivity contribution in [2.75, 3.05) is 7.11 Å². The number of carbonyl (C=O) groups is 2. The van der Waals surface area contributed by atoms with Crippen LogP contribution in [0, 0.1) is 11.8 Å². The summed E-state index contributed by atoms with van der Waals surface area (Å²) in [4.78, 5) is 22.6. The van der Waals surface area contributed by atoms with Crippen molar-refractivity contribution in [2.45, 2.75) is 46.5 Å². The van der Waals surface area contributed by atoms with Crippen LogP contribution < -0.4 is 0 Å². The van der Waals surface area contributed by atoms with Crippen LogP contribution in [0.25, 0.3) is 0 Å². The molecular formula is C12H22O3. The van der Waals surface area contributed by atoms with E-state index in [1.165, 1.54) is 7.11 Å². The van der Waals surface area contributed by atoms with E-state index < -0.39 is 0 Å². The molecule has 0 amide bonds. The number of ether oxygens (including phenoxy) is 1. The molecule has 88 valence electrons. The fourth-order valence-corrected chi connectivity index (χ4v) is 2.10. The van der Waals surface area contributed by atoms with E-state index in [0.717, 1.165) is 19.3 Å². The molecule has 1 aliphatic carbocycles. The quantitative estimate of drug-likeness (QED) is 0.678. The van der Waals surface area contributed by atoms with Gasteiger partial charge in [-0.05, 0) is 18.8 Å². The van der Waals surface area contributed by atoms with Gasteiger partial charge in [-0.25, -0.2) is 0 Å². The third-order valence-electron chi connectivity index (χ3n) is 3.01. The molecule has 0 aliphatic heterocycles. The van der Waals surface area contributed by atoms with Gasteiger partial charge in [0.2, 0.25) is 0 Å². The lowest BCUT2D eigenvalue weighted by Gasteiger charge is -2.25. The molecule has 0 saturated heterocycles. The molecule has 0 aromatic rings. The van der Waals surface area contributed by atoms with Crippen LogP contribution in [0.2, 0.25) is 0 Å². The summed E-state index contributed by atoms with van der Waals surface area (Å²) in [6, 6.07) is 0. The van der Waals surface area contributed by atoms with Gasteiger partial charge in [0.1, 0.15) is 5.78 Å². The molecule has 2 unspecified atom stereocenters. The van der Waals surface area contributed by atoms with Crippen LogP contribution in [0.1, 0.15) is 46.5 Å². The highest BCUT2D eigenvalue weighted by Crippen LogP contribution is 2.28. The van der Waals surface area contributed by atoms with E-state index >= 15 is 0 Å². The van der Waals surface area contributed by atoms with Gasteiger partial charge >= 0.3 is 5.97 Å². The summed E-state index contributed by atoms with van der Waals surface area (Å²) in [6.07, 6.45) is 4.13. The second-order valence-electron chi connectivity index (χ2n) is 4.08. The van der Waals surface area contributed by atoms with Crippen LogP contribution >= 0.6 is 0 Å². The Morgan fingerprint density at radius 3 is 2.73 bits per heavy atom. The fourth-order valence-electron chi connectivity index (χ4n) is 2.10. The lowest BCUT2D eigenvalue weighted by atomic mass is 9.78. The molecule has 15 heavy (non-hydrogen) atoms. The van der Waals surface area contributed by atoms with Gasteiger partial charge in [-0.3, -0.25) is 9.59 Å². The van der Waals surface area contributed by atoms with Gasteiger partial charge in [0.15, 0.2) is 0 Å². The van der Waals surface area contributed by atoms with E-state index in [1.54, 1.807) is 0 Å². The van der Waals surface area contributed by atoms with Crippen molar-refractivity contribution in [3.63, 3.8) is 0 Å². The Balaban J connectivity index is 0.00000196. The second kappa shape index (κ2) is 6.59. The van der Waals surface area contributed by atoms with Crippen LogP contribution in [0.5, 0.6) is 0 Å². The molecule has 0 N–H and O–H groups in total. The standard InChI is InChI=1S/C11H18O3.CH4/c1-8(7-11(13)14-2)9-5-3-4-6-10(9)12;/h8-9H,3-7H2,1-2H3;1H4. The number of carbonyl (C=O) groups excluding carboxylic acids is 2. The SMILES string of the molecule is C.COC(=O)CC(C)C1CCCCC1=O. The van der Waals surface area contributed by atoms with Gasteiger partial charge in [0.25, 0.3) is 0 Å². The van der Waals surface area contributed by atoms with Gasteiger partial charge in [0.05, 0.1) is 7.11 Å².